The van der Waals surface area contributed by atoms with Crippen LogP contribution in [-0.2, 0) is 6.54 Å². The van der Waals surface area contributed by atoms with Crippen molar-refractivity contribution < 1.29 is 0 Å². The molecule has 0 fully saturated rings. The molecule has 0 aromatic heterocycles. The van der Waals surface area contributed by atoms with Crippen molar-refractivity contribution in [1.82, 2.24) is 10.2 Å². The fourth-order valence-electron chi connectivity index (χ4n) is 2.11. The molecule has 4 heteroatoms. The average Bonchev–Trinajstić information content (AvgIpc) is 2.48. The predicted octanol–water partition coefficient (Wildman–Crippen LogP) is 1.92. The smallest absolute Gasteiger partial charge is 0.0413 e. The molecule has 1 aromatic carbocycles. The van der Waals surface area contributed by atoms with Crippen LogP contribution in [0.4, 0.5) is 5.69 Å². The standard InChI is InChI=1S/C13H20BrN3/c1-16(2)7-8-17-6-5-15-10-11-9-12(14)3-4-13(11)17/h3-4,9,15H,5-8,10H2,1-2H3. The van der Waals surface area contributed by atoms with Gasteiger partial charge in [0.05, 0.1) is 0 Å². The highest BCUT2D eigenvalue weighted by atomic mass is 79.9. The first kappa shape index (κ1) is 12.9. The van der Waals surface area contributed by atoms with Crippen LogP contribution < -0.4 is 10.2 Å². The highest BCUT2D eigenvalue weighted by molar-refractivity contribution is 9.10. The normalized spacial score (nSPS) is 15.9. The molecule has 0 bridgehead atoms. The van der Waals surface area contributed by atoms with Gasteiger partial charge >= 0.3 is 0 Å². The summed E-state index contributed by atoms with van der Waals surface area (Å²) in [6, 6.07) is 6.57. The summed E-state index contributed by atoms with van der Waals surface area (Å²) in [6.45, 7) is 5.29. The zero-order valence-corrected chi connectivity index (χ0v) is 12.1. The van der Waals surface area contributed by atoms with E-state index in [1.165, 1.54) is 11.3 Å². The molecule has 0 spiro atoms. The molecule has 0 saturated heterocycles. The van der Waals surface area contributed by atoms with Crippen LogP contribution in [0, 0.1) is 0 Å². The van der Waals surface area contributed by atoms with Crippen molar-refractivity contribution in [2.24, 2.45) is 0 Å². The number of hydrogen-bond acceptors (Lipinski definition) is 3. The van der Waals surface area contributed by atoms with Crippen LogP contribution in [0.25, 0.3) is 0 Å². The summed E-state index contributed by atoms with van der Waals surface area (Å²) < 4.78 is 1.16. The van der Waals surface area contributed by atoms with Gasteiger partial charge in [0.15, 0.2) is 0 Å². The molecule has 1 aliphatic rings. The van der Waals surface area contributed by atoms with Crippen LogP contribution in [0.5, 0.6) is 0 Å². The third-order valence-corrected chi connectivity index (χ3v) is 3.57. The van der Waals surface area contributed by atoms with Crippen molar-refractivity contribution in [1.29, 1.82) is 0 Å². The van der Waals surface area contributed by atoms with Gasteiger partial charge in [0.1, 0.15) is 0 Å². The number of hydrogen-bond donors (Lipinski definition) is 1. The van der Waals surface area contributed by atoms with E-state index in [0.29, 0.717) is 0 Å². The fourth-order valence-corrected chi connectivity index (χ4v) is 2.52. The van der Waals surface area contributed by atoms with E-state index in [-0.39, 0.29) is 0 Å². The lowest BCUT2D eigenvalue weighted by Gasteiger charge is -2.26. The van der Waals surface area contributed by atoms with Crippen LogP contribution >= 0.6 is 15.9 Å². The molecule has 1 aromatic rings. The van der Waals surface area contributed by atoms with E-state index < -0.39 is 0 Å². The molecule has 0 saturated carbocycles. The Kier molecular flexibility index (Phi) is 4.42. The van der Waals surface area contributed by atoms with E-state index >= 15 is 0 Å². The molecule has 1 N–H and O–H groups in total. The summed E-state index contributed by atoms with van der Waals surface area (Å²) in [5.74, 6) is 0. The minimum atomic E-state index is 0.966. The molecule has 2 rings (SSSR count). The molecule has 0 aliphatic carbocycles. The van der Waals surface area contributed by atoms with Crippen molar-refractivity contribution in [3.05, 3.63) is 28.2 Å². The van der Waals surface area contributed by atoms with Crippen molar-refractivity contribution >= 4 is 21.6 Å². The number of likely N-dealkylation sites (N-methyl/N-ethyl adjacent to an activating group) is 1. The van der Waals surface area contributed by atoms with Crippen LogP contribution in [0.15, 0.2) is 22.7 Å². The lowest BCUT2D eigenvalue weighted by Crippen LogP contribution is -2.34. The monoisotopic (exact) mass is 297 g/mol. The Bertz CT molecular complexity index is 379. The topological polar surface area (TPSA) is 18.5 Å². The predicted molar refractivity (Wildman–Crippen MR) is 76.6 cm³/mol. The number of anilines is 1. The van der Waals surface area contributed by atoms with E-state index in [1.807, 2.05) is 0 Å². The lowest BCUT2D eigenvalue weighted by atomic mass is 10.1. The number of rotatable bonds is 3. The van der Waals surface area contributed by atoms with Gasteiger partial charge in [0, 0.05) is 42.9 Å². The second-order valence-corrected chi connectivity index (χ2v) is 5.66. The second-order valence-electron chi connectivity index (χ2n) is 4.74. The van der Waals surface area contributed by atoms with E-state index in [4.69, 9.17) is 0 Å². The molecule has 3 nitrogen and oxygen atoms in total. The Hall–Kier alpha value is -0.580. The summed E-state index contributed by atoms with van der Waals surface area (Å²) in [7, 11) is 4.25. The SMILES string of the molecule is CN(C)CCN1CCNCc2cc(Br)ccc21. The second kappa shape index (κ2) is 5.85. The summed E-state index contributed by atoms with van der Waals surface area (Å²) in [4.78, 5) is 4.71. The van der Waals surface area contributed by atoms with E-state index in [1.54, 1.807) is 0 Å². The van der Waals surface area contributed by atoms with E-state index in [9.17, 15) is 0 Å². The third-order valence-electron chi connectivity index (χ3n) is 3.07. The molecule has 17 heavy (non-hydrogen) atoms. The highest BCUT2D eigenvalue weighted by Gasteiger charge is 2.14. The number of benzene rings is 1. The lowest BCUT2D eigenvalue weighted by molar-refractivity contribution is 0.413. The van der Waals surface area contributed by atoms with Gasteiger partial charge in [-0.25, -0.2) is 0 Å². The van der Waals surface area contributed by atoms with E-state index in [2.05, 4.69) is 63.3 Å². The summed E-state index contributed by atoms with van der Waals surface area (Å²) in [5.41, 5.74) is 2.76. The van der Waals surface area contributed by atoms with Crippen LogP contribution in [0.2, 0.25) is 0 Å². The minimum Gasteiger partial charge on any atom is -0.369 e. The molecule has 1 heterocycles. The molecular formula is C13H20BrN3. The Morgan fingerprint density at radius 3 is 3.00 bits per heavy atom. The van der Waals surface area contributed by atoms with Gasteiger partial charge in [-0.1, -0.05) is 15.9 Å². The first-order valence-electron chi connectivity index (χ1n) is 6.05. The van der Waals surface area contributed by atoms with Gasteiger partial charge in [-0.3, -0.25) is 0 Å². The maximum absolute atomic E-state index is 3.54. The Balaban J connectivity index is 2.18. The number of nitrogens with one attached hydrogen (secondary N) is 1. The molecule has 94 valence electrons. The summed E-state index contributed by atoms with van der Waals surface area (Å²) in [5, 5.41) is 3.47. The number of halogens is 1. The number of fused-ring (bicyclic) bond motifs is 1. The highest BCUT2D eigenvalue weighted by Crippen LogP contribution is 2.25. The van der Waals surface area contributed by atoms with Crippen LogP contribution in [0.1, 0.15) is 5.56 Å². The van der Waals surface area contributed by atoms with Gasteiger partial charge in [-0.15, -0.1) is 0 Å². The number of nitrogens with zero attached hydrogens (tertiary/aromatic N) is 2. The largest absolute Gasteiger partial charge is 0.369 e. The molecule has 0 amide bonds. The van der Waals surface area contributed by atoms with Gasteiger partial charge in [0.25, 0.3) is 0 Å². The van der Waals surface area contributed by atoms with Gasteiger partial charge in [-0.05, 0) is 37.9 Å². The zero-order chi connectivity index (χ0) is 12.3. The Morgan fingerprint density at radius 1 is 1.41 bits per heavy atom. The Morgan fingerprint density at radius 2 is 2.24 bits per heavy atom. The molecule has 0 radical (unpaired) electrons. The minimum absolute atomic E-state index is 0.966. The zero-order valence-electron chi connectivity index (χ0n) is 10.5. The van der Waals surface area contributed by atoms with Crippen molar-refractivity contribution in [3.8, 4) is 0 Å². The van der Waals surface area contributed by atoms with Crippen LogP contribution in [-0.4, -0.2) is 45.2 Å². The van der Waals surface area contributed by atoms with E-state index in [0.717, 1.165) is 37.2 Å². The first-order valence-corrected chi connectivity index (χ1v) is 6.85. The summed E-state index contributed by atoms with van der Waals surface area (Å²) >= 11 is 3.54. The molecular weight excluding hydrogens is 278 g/mol. The quantitative estimate of drug-likeness (QED) is 0.920. The first-order chi connectivity index (χ1) is 8.16. The van der Waals surface area contributed by atoms with Crippen molar-refractivity contribution in [3.63, 3.8) is 0 Å². The summed E-state index contributed by atoms with van der Waals surface area (Å²) in [6.07, 6.45) is 0. The fraction of sp³-hybridized carbons (Fsp3) is 0.538. The Labute approximate surface area is 112 Å². The average molecular weight is 298 g/mol. The van der Waals surface area contributed by atoms with Crippen molar-refractivity contribution in [2.45, 2.75) is 6.54 Å². The molecule has 0 unspecified atom stereocenters. The van der Waals surface area contributed by atoms with Gasteiger partial charge in [0.2, 0.25) is 0 Å². The third kappa shape index (κ3) is 3.44. The molecule has 1 aliphatic heterocycles. The molecule has 0 atom stereocenters. The maximum Gasteiger partial charge on any atom is 0.0413 e. The van der Waals surface area contributed by atoms with Crippen LogP contribution in [0.3, 0.4) is 0 Å². The van der Waals surface area contributed by atoms with Crippen molar-refractivity contribution in [2.75, 3.05) is 45.2 Å². The van der Waals surface area contributed by atoms with Gasteiger partial charge in [-0.2, -0.15) is 0 Å². The van der Waals surface area contributed by atoms with Gasteiger partial charge < -0.3 is 15.1 Å². The maximum atomic E-state index is 3.54.